The molecule has 0 aromatic heterocycles. The van der Waals surface area contributed by atoms with E-state index in [0.717, 1.165) is 18.3 Å². The van der Waals surface area contributed by atoms with Gasteiger partial charge in [-0.3, -0.25) is 4.90 Å². The fourth-order valence-corrected chi connectivity index (χ4v) is 2.63. The molecule has 88 valence electrons. The van der Waals surface area contributed by atoms with E-state index in [1.807, 2.05) is 12.1 Å². The van der Waals surface area contributed by atoms with E-state index in [1.165, 1.54) is 37.8 Å². The summed E-state index contributed by atoms with van der Waals surface area (Å²) in [7, 11) is 0. The van der Waals surface area contributed by atoms with Gasteiger partial charge in [0.1, 0.15) is 0 Å². The molecule has 2 rings (SSSR count). The van der Waals surface area contributed by atoms with Crippen molar-refractivity contribution in [2.45, 2.75) is 45.2 Å². The minimum Gasteiger partial charge on any atom is -0.398 e. The standard InChI is InChI=1S/C14H22N2/c1-2-13-8-5-6-10-16(13)11-12-7-3-4-9-14(12)15/h3-4,7,9,13H,2,5-6,8,10-11,15H2,1H3. The molecule has 0 spiro atoms. The molecule has 0 radical (unpaired) electrons. The molecule has 1 aliphatic heterocycles. The van der Waals surface area contributed by atoms with Gasteiger partial charge in [-0.1, -0.05) is 31.5 Å². The average molecular weight is 218 g/mol. The van der Waals surface area contributed by atoms with Crippen molar-refractivity contribution in [2.75, 3.05) is 12.3 Å². The fourth-order valence-electron chi connectivity index (χ4n) is 2.63. The smallest absolute Gasteiger partial charge is 0.0359 e. The molecular formula is C14H22N2. The Hall–Kier alpha value is -1.02. The van der Waals surface area contributed by atoms with Gasteiger partial charge in [0, 0.05) is 18.3 Å². The van der Waals surface area contributed by atoms with Gasteiger partial charge in [-0.2, -0.15) is 0 Å². The number of rotatable bonds is 3. The van der Waals surface area contributed by atoms with Crippen LogP contribution >= 0.6 is 0 Å². The Bertz CT molecular complexity index is 335. The zero-order chi connectivity index (χ0) is 11.4. The van der Waals surface area contributed by atoms with Crippen molar-refractivity contribution < 1.29 is 0 Å². The Morgan fingerprint density at radius 1 is 1.31 bits per heavy atom. The molecule has 2 heteroatoms. The number of piperidine rings is 1. The molecule has 0 bridgehead atoms. The molecule has 1 saturated heterocycles. The normalized spacial score (nSPS) is 22.2. The van der Waals surface area contributed by atoms with E-state index in [-0.39, 0.29) is 0 Å². The highest BCUT2D eigenvalue weighted by Crippen LogP contribution is 2.23. The monoisotopic (exact) mass is 218 g/mol. The first-order valence-electron chi connectivity index (χ1n) is 6.38. The Balaban J connectivity index is 2.05. The molecule has 16 heavy (non-hydrogen) atoms. The maximum Gasteiger partial charge on any atom is 0.0359 e. The van der Waals surface area contributed by atoms with Crippen LogP contribution in [0.3, 0.4) is 0 Å². The number of likely N-dealkylation sites (tertiary alicyclic amines) is 1. The number of hydrogen-bond acceptors (Lipinski definition) is 2. The van der Waals surface area contributed by atoms with Crippen molar-refractivity contribution in [2.24, 2.45) is 0 Å². The van der Waals surface area contributed by atoms with Crippen LogP contribution in [-0.4, -0.2) is 17.5 Å². The van der Waals surface area contributed by atoms with Crippen LogP contribution in [0.25, 0.3) is 0 Å². The topological polar surface area (TPSA) is 29.3 Å². The molecule has 1 aromatic carbocycles. The molecule has 1 unspecified atom stereocenters. The lowest BCUT2D eigenvalue weighted by Crippen LogP contribution is -2.38. The first kappa shape index (κ1) is 11.5. The number of nitrogen functional groups attached to an aromatic ring is 1. The molecule has 0 amide bonds. The molecular weight excluding hydrogens is 196 g/mol. The molecule has 1 heterocycles. The van der Waals surface area contributed by atoms with E-state index in [4.69, 9.17) is 5.73 Å². The first-order chi connectivity index (χ1) is 7.81. The maximum atomic E-state index is 6.00. The van der Waals surface area contributed by atoms with Gasteiger partial charge in [-0.25, -0.2) is 0 Å². The Morgan fingerprint density at radius 3 is 2.88 bits per heavy atom. The summed E-state index contributed by atoms with van der Waals surface area (Å²) < 4.78 is 0. The van der Waals surface area contributed by atoms with Crippen LogP contribution in [0.15, 0.2) is 24.3 Å². The van der Waals surface area contributed by atoms with Crippen molar-refractivity contribution in [3.8, 4) is 0 Å². The van der Waals surface area contributed by atoms with Crippen LogP contribution in [0.2, 0.25) is 0 Å². The van der Waals surface area contributed by atoms with Crippen LogP contribution in [0.5, 0.6) is 0 Å². The second kappa shape index (κ2) is 5.35. The number of para-hydroxylation sites is 1. The van der Waals surface area contributed by atoms with Gasteiger partial charge in [-0.05, 0) is 37.4 Å². The van der Waals surface area contributed by atoms with Gasteiger partial charge < -0.3 is 5.73 Å². The molecule has 0 saturated carbocycles. The predicted molar refractivity (Wildman–Crippen MR) is 69.2 cm³/mol. The lowest BCUT2D eigenvalue weighted by atomic mass is 9.99. The number of anilines is 1. The Kier molecular flexibility index (Phi) is 3.83. The quantitative estimate of drug-likeness (QED) is 0.790. The number of hydrogen-bond donors (Lipinski definition) is 1. The SMILES string of the molecule is CCC1CCCCN1Cc1ccccc1N. The van der Waals surface area contributed by atoms with Gasteiger partial charge in [0.15, 0.2) is 0 Å². The lowest BCUT2D eigenvalue weighted by molar-refractivity contribution is 0.136. The zero-order valence-electron chi connectivity index (χ0n) is 10.2. The highest BCUT2D eigenvalue weighted by molar-refractivity contribution is 5.46. The summed E-state index contributed by atoms with van der Waals surface area (Å²) in [5, 5.41) is 0. The third kappa shape index (κ3) is 2.56. The number of nitrogens with two attached hydrogens (primary N) is 1. The largest absolute Gasteiger partial charge is 0.398 e. The minimum atomic E-state index is 0.758. The summed E-state index contributed by atoms with van der Waals surface area (Å²) in [4.78, 5) is 2.59. The van der Waals surface area contributed by atoms with Gasteiger partial charge in [0.05, 0.1) is 0 Å². The van der Waals surface area contributed by atoms with Gasteiger partial charge in [-0.15, -0.1) is 0 Å². The van der Waals surface area contributed by atoms with Gasteiger partial charge in [0.25, 0.3) is 0 Å². The Labute approximate surface area is 98.4 Å². The van der Waals surface area contributed by atoms with Crippen LogP contribution in [0.4, 0.5) is 5.69 Å². The summed E-state index contributed by atoms with van der Waals surface area (Å²) in [5.74, 6) is 0. The van der Waals surface area contributed by atoms with Crippen molar-refractivity contribution in [1.29, 1.82) is 0 Å². The van der Waals surface area contributed by atoms with Crippen LogP contribution in [0.1, 0.15) is 38.2 Å². The van der Waals surface area contributed by atoms with E-state index in [1.54, 1.807) is 0 Å². The van der Waals surface area contributed by atoms with Gasteiger partial charge >= 0.3 is 0 Å². The van der Waals surface area contributed by atoms with Crippen molar-refractivity contribution >= 4 is 5.69 Å². The predicted octanol–water partition coefficient (Wildman–Crippen LogP) is 3.03. The van der Waals surface area contributed by atoms with Gasteiger partial charge in [0.2, 0.25) is 0 Å². The van der Waals surface area contributed by atoms with E-state index < -0.39 is 0 Å². The molecule has 1 atom stereocenters. The zero-order valence-corrected chi connectivity index (χ0v) is 10.2. The summed E-state index contributed by atoms with van der Waals surface area (Å²) in [5.41, 5.74) is 8.21. The minimum absolute atomic E-state index is 0.758. The first-order valence-corrected chi connectivity index (χ1v) is 6.38. The summed E-state index contributed by atoms with van der Waals surface area (Å²) >= 11 is 0. The third-order valence-corrected chi connectivity index (χ3v) is 3.65. The van der Waals surface area contributed by atoms with Crippen LogP contribution < -0.4 is 5.73 Å². The van der Waals surface area contributed by atoms with Crippen molar-refractivity contribution in [3.63, 3.8) is 0 Å². The lowest BCUT2D eigenvalue weighted by Gasteiger charge is -2.35. The van der Waals surface area contributed by atoms with E-state index in [9.17, 15) is 0 Å². The Morgan fingerprint density at radius 2 is 2.12 bits per heavy atom. The highest BCUT2D eigenvalue weighted by atomic mass is 15.2. The third-order valence-electron chi connectivity index (χ3n) is 3.65. The second-order valence-corrected chi connectivity index (χ2v) is 4.73. The summed E-state index contributed by atoms with van der Waals surface area (Å²) in [6, 6.07) is 8.99. The van der Waals surface area contributed by atoms with Crippen molar-refractivity contribution in [3.05, 3.63) is 29.8 Å². The summed E-state index contributed by atoms with van der Waals surface area (Å²) in [6.07, 6.45) is 5.33. The summed E-state index contributed by atoms with van der Waals surface area (Å²) in [6.45, 7) is 4.54. The van der Waals surface area contributed by atoms with Crippen LogP contribution in [0, 0.1) is 0 Å². The molecule has 1 fully saturated rings. The molecule has 0 aliphatic carbocycles. The molecule has 1 aliphatic rings. The number of nitrogens with zero attached hydrogens (tertiary/aromatic N) is 1. The molecule has 1 aromatic rings. The highest BCUT2D eigenvalue weighted by Gasteiger charge is 2.20. The second-order valence-electron chi connectivity index (χ2n) is 4.73. The maximum absolute atomic E-state index is 6.00. The fraction of sp³-hybridized carbons (Fsp3) is 0.571. The average Bonchev–Trinajstić information content (AvgIpc) is 2.33. The van der Waals surface area contributed by atoms with E-state index >= 15 is 0 Å². The van der Waals surface area contributed by atoms with Crippen LogP contribution in [-0.2, 0) is 6.54 Å². The molecule has 2 nitrogen and oxygen atoms in total. The van der Waals surface area contributed by atoms with Crippen molar-refractivity contribution in [1.82, 2.24) is 4.90 Å². The number of benzene rings is 1. The molecule has 2 N–H and O–H groups in total. The van der Waals surface area contributed by atoms with E-state index in [2.05, 4.69) is 24.0 Å². The van der Waals surface area contributed by atoms with E-state index in [0.29, 0.717) is 0 Å².